The molecule has 0 radical (unpaired) electrons. The fourth-order valence-corrected chi connectivity index (χ4v) is 4.33. The lowest BCUT2D eigenvalue weighted by molar-refractivity contribution is -0.157. The van der Waals surface area contributed by atoms with Gasteiger partial charge in [0.15, 0.2) is 12.4 Å². The summed E-state index contributed by atoms with van der Waals surface area (Å²) in [5.74, 6) is -1.71. The first-order valence-corrected chi connectivity index (χ1v) is 9.89. The van der Waals surface area contributed by atoms with Crippen molar-refractivity contribution in [2.24, 2.45) is 0 Å². The molecule has 4 rings (SSSR count). The second-order valence-electron chi connectivity index (χ2n) is 7.70. The third kappa shape index (κ3) is 2.89. The Kier molecular flexibility index (Phi) is 4.89. The lowest BCUT2D eigenvalue weighted by Crippen LogP contribution is -2.70. The van der Waals surface area contributed by atoms with E-state index in [0.717, 1.165) is 0 Å². The van der Waals surface area contributed by atoms with E-state index in [0.29, 0.717) is 16.8 Å². The number of esters is 1. The molecule has 0 N–H and O–H groups in total. The van der Waals surface area contributed by atoms with Crippen molar-refractivity contribution < 1.29 is 23.9 Å². The van der Waals surface area contributed by atoms with E-state index in [1.165, 1.54) is 9.80 Å². The molecule has 1 saturated heterocycles. The summed E-state index contributed by atoms with van der Waals surface area (Å²) in [5, 5.41) is 0. The van der Waals surface area contributed by atoms with E-state index in [9.17, 15) is 19.2 Å². The topological polar surface area (TPSA) is 84.0 Å². The number of para-hydroxylation sites is 1. The minimum Gasteiger partial charge on any atom is -0.454 e. The van der Waals surface area contributed by atoms with Gasteiger partial charge in [-0.15, -0.1) is 0 Å². The van der Waals surface area contributed by atoms with Crippen molar-refractivity contribution in [2.75, 3.05) is 11.5 Å². The van der Waals surface area contributed by atoms with E-state index < -0.39 is 18.2 Å². The number of carbonyl (C=O) groups excluding carboxylic acids is 4. The predicted molar refractivity (Wildman–Crippen MR) is 109 cm³/mol. The summed E-state index contributed by atoms with van der Waals surface area (Å²) < 4.78 is 5.42. The van der Waals surface area contributed by atoms with Crippen molar-refractivity contribution >= 4 is 29.3 Å². The monoisotopic (exact) mass is 406 g/mol. The Morgan fingerprint density at radius 3 is 2.40 bits per heavy atom. The average Bonchev–Trinajstić information content (AvgIpc) is 3.10. The molecular weight excluding hydrogens is 384 g/mol. The van der Waals surface area contributed by atoms with Gasteiger partial charge in [0.1, 0.15) is 0 Å². The molecule has 2 aliphatic rings. The van der Waals surface area contributed by atoms with Gasteiger partial charge >= 0.3 is 5.97 Å². The highest BCUT2D eigenvalue weighted by atomic mass is 16.5. The van der Waals surface area contributed by atoms with Crippen LogP contribution < -0.4 is 4.90 Å². The molecule has 154 valence electrons. The van der Waals surface area contributed by atoms with Crippen LogP contribution in [0.25, 0.3) is 0 Å². The van der Waals surface area contributed by atoms with Gasteiger partial charge in [-0.1, -0.05) is 42.5 Å². The normalized spacial score (nSPS) is 20.2. The van der Waals surface area contributed by atoms with Gasteiger partial charge in [0.05, 0.1) is 11.3 Å². The zero-order chi connectivity index (χ0) is 21.5. The van der Waals surface area contributed by atoms with Crippen LogP contribution in [0, 0.1) is 0 Å². The Bertz CT molecular complexity index is 1030. The predicted octanol–water partition coefficient (Wildman–Crippen LogP) is 2.80. The summed E-state index contributed by atoms with van der Waals surface area (Å²) in [6.07, 6.45) is 0.217. The highest BCUT2D eigenvalue weighted by molar-refractivity contribution is 6.15. The van der Waals surface area contributed by atoms with E-state index in [1.807, 2.05) is 0 Å². The molecule has 2 aliphatic heterocycles. The van der Waals surface area contributed by atoms with Gasteiger partial charge in [0, 0.05) is 24.4 Å². The molecule has 1 atom stereocenters. The molecule has 2 heterocycles. The van der Waals surface area contributed by atoms with Crippen LogP contribution in [0.4, 0.5) is 5.69 Å². The molecule has 2 amide bonds. The number of ketones is 1. The second-order valence-corrected chi connectivity index (χ2v) is 7.70. The summed E-state index contributed by atoms with van der Waals surface area (Å²) in [4.78, 5) is 54.7. The number of nitrogens with zero attached hydrogens (tertiary/aromatic N) is 2. The largest absolute Gasteiger partial charge is 0.454 e. The minimum atomic E-state index is -1.59. The fraction of sp³-hybridized carbons (Fsp3) is 0.304. The molecule has 2 aromatic rings. The van der Waals surface area contributed by atoms with Crippen molar-refractivity contribution in [3.05, 3.63) is 65.7 Å². The Morgan fingerprint density at radius 2 is 1.70 bits per heavy atom. The number of hydrogen-bond donors (Lipinski definition) is 0. The second kappa shape index (κ2) is 7.40. The number of carbonyl (C=O) groups is 4. The molecule has 0 aliphatic carbocycles. The van der Waals surface area contributed by atoms with Crippen molar-refractivity contribution in [3.8, 4) is 0 Å². The van der Waals surface area contributed by atoms with Gasteiger partial charge in [0.25, 0.3) is 5.91 Å². The number of Topliss-reactive ketones (excluding diaryl/α,β-unsaturated/α-hetero) is 1. The molecule has 2 aromatic carbocycles. The SMILES string of the molecule is CC(C)N1C(=O)c2ccccc2N2C(=O)CC[C@]21C(=O)OCC(=O)c1ccccc1. The highest BCUT2D eigenvalue weighted by Gasteiger charge is 2.62. The number of hydrogen-bond acceptors (Lipinski definition) is 5. The van der Waals surface area contributed by atoms with Crippen LogP contribution in [-0.2, 0) is 14.3 Å². The van der Waals surface area contributed by atoms with Crippen LogP contribution in [0.3, 0.4) is 0 Å². The number of anilines is 1. The van der Waals surface area contributed by atoms with Crippen LogP contribution in [0.5, 0.6) is 0 Å². The van der Waals surface area contributed by atoms with Crippen LogP contribution in [0.2, 0.25) is 0 Å². The summed E-state index contributed by atoms with van der Waals surface area (Å²) in [5.41, 5.74) is -0.403. The third-order valence-corrected chi connectivity index (χ3v) is 5.57. The maximum absolute atomic E-state index is 13.4. The van der Waals surface area contributed by atoms with Crippen molar-refractivity contribution in [2.45, 2.75) is 38.4 Å². The first-order valence-electron chi connectivity index (χ1n) is 9.89. The van der Waals surface area contributed by atoms with Gasteiger partial charge < -0.3 is 9.64 Å². The Balaban J connectivity index is 1.71. The highest BCUT2D eigenvalue weighted by Crippen LogP contribution is 2.45. The first kappa shape index (κ1) is 19.8. The molecule has 30 heavy (non-hydrogen) atoms. The molecular formula is C23H22N2O5. The van der Waals surface area contributed by atoms with Crippen LogP contribution in [0.15, 0.2) is 54.6 Å². The summed E-state index contributed by atoms with van der Waals surface area (Å²) >= 11 is 0. The summed E-state index contributed by atoms with van der Waals surface area (Å²) in [6, 6.07) is 14.9. The van der Waals surface area contributed by atoms with Crippen LogP contribution in [-0.4, -0.2) is 46.8 Å². The van der Waals surface area contributed by atoms with Gasteiger partial charge in [-0.3, -0.25) is 19.3 Å². The van der Waals surface area contributed by atoms with Crippen LogP contribution in [0.1, 0.15) is 47.4 Å². The van der Waals surface area contributed by atoms with E-state index in [-0.39, 0.29) is 36.5 Å². The molecule has 0 saturated carbocycles. The molecule has 0 bridgehead atoms. The zero-order valence-electron chi connectivity index (χ0n) is 16.8. The zero-order valence-corrected chi connectivity index (χ0v) is 16.8. The van der Waals surface area contributed by atoms with E-state index in [1.54, 1.807) is 68.4 Å². The first-order chi connectivity index (χ1) is 14.4. The van der Waals surface area contributed by atoms with E-state index in [4.69, 9.17) is 4.74 Å². The lowest BCUT2D eigenvalue weighted by Gasteiger charge is -2.50. The number of rotatable bonds is 5. The van der Waals surface area contributed by atoms with Gasteiger partial charge in [-0.2, -0.15) is 0 Å². The van der Waals surface area contributed by atoms with Crippen molar-refractivity contribution in [1.82, 2.24) is 4.90 Å². The fourth-order valence-electron chi connectivity index (χ4n) is 4.33. The molecule has 7 nitrogen and oxygen atoms in total. The summed E-state index contributed by atoms with van der Waals surface area (Å²) in [6.45, 7) is 3.11. The Labute approximate surface area is 174 Å². The smallest absolute Gasteiger partial charge is 0.354 e. The summed E-state index contributed by atoms with van der Waals surface area (Å²) in [7, 11) is 0. The van der Waals surface area contributed by atoms with E-state index >= 15 is 0 Å². The quantitative estimate of drug-likeness (QED) is 0.563. The van der Waals surface area contributed by atoms with Crippen molar-refractivity contribution in [3.63, 3.8) is 0 Å². The number of benzene rings is 2. The van der Waals surface area contributed by atoms with Crippen LogP contribution >= 0.6 is 0 Å². The standard InChI is InChI=1S/C23H22N2O5/c1-15(2)24-21(28)17-10-6-7-11-18(17)25-20(27)12-13-23(24,25)22(29)30-14-19(26)16-8-4-3-5-9-16/h3-11,15H,12-14H2,1-2H3/t23-/m1/s1. The molecule has 7 heteroatoms. The Morgan fingerprint density at radius 1 is 1.03 bits per heavy atom. The number of ether oxygens (including phenoxy) is 1. The number of fused-ring (bicyclic) bond motifs is 3. The van der Waals surface area contributed by atoms with Crippen molar-refractivity contribution in [1.29, 1.82) is 0 Å². The maximum atomic E-state index is 13.4. The average molecular weight is 406 g/mol. The van der Waals surface area contributed by atoms with E-state index in [2.05, 4.69) is 0 Å². The molecule has 0 unspecified atom stereocenters. The van der Waals surface area contributed by atoms with Gasteiger partial charge in [0.2, 0.25) is 11.6 Å². The molecule has 1 fully saturated rings. The van der Waals surface area contributed by atoms with Gasteiger partial charge in [-0.05, 0) is 26.0 Å². The maximum Gasteiger partial charge on any atom is 0.354 e. The lowest BCUT2D eigenvalue weighted by atomic mass is 9.95. The molecule has 0 spiro atoms. The minimum absolute atomic E-state index is 0.104. The Hall–Kier alpha value is -3.48. The molecule has 0 aromatic heterocycles. The number of amides is 2. The van der Waals surface area contributed by atoms with Gasteiger partial charge in [-0.25, -0.2) is 4.79 Å². The third-order valence-electron chi connectivity index (χ3n) is 5.57.